The van der Waals surface area contributed by atoms with Crippen LogP contribution < -0.4 is 19.9 Å². The van der Waals surface area contributed by atoms with Gasteiger partial charge in [0, 0.05) is 38.7 Å². The molecule has 1 aliphatic rings. The molecule has 2 rings (SSSR count). The maximum atomic E-state index is 12.7. The van der Waals surface area contributed by atoms with Crippen molar-refractivity contribution in [2.24, 2.45) is 5.73 Å². The normalized spacial score (nSPS) is 14.0. The molecule has 1 fully saturated rings. The molecule has 1 aromatic carbocycles. The molecule has 1 saturated heterocycles. The maximum absolute atomic E-state index is 12.7. The lowest BCUT2D eigenvalue weighted by molar-refractivity contribution is -0.132. The number of carbonyl (C=O) groups is 2. The molecule has 136 valence electrons. The van der Waals surface area contributed by atoms with Crippen molar-refractivity contribution in [3.8, 4) is 17.2 Å². The van der Waals surface area contributed by atoms with E-state index in [1.165, 1.54) is 33.3 Å². The Hall–Kier alpha value is -2.97. The van der Waals surface area contributed by atoms with E-state index >= 15 is 0 Å². The Bertz CT molecular complexity index is 658. The van der Waals surface area contributed by atoms with Gasteiger partial charge in [-0.3, -0.25) is 15.0 Å². The number of methoxy groups -OCH3 is 2. The van der Waals surface area contributed by atoms with E-state index in [9.17, 15) is 9.59 Å². The number of nitrogens with two attached hydrogens (primary N) is 1. The maximum Gasteiger partial charge on any atom is 0.308 e. The Labute approximate surface area is 145 Å². The summed E-state index contributed by atoms with van der Waals surface area (Å²) in [4.78, 5) is 27.4. The Morgan fingerprint density at radius 2 is 1.52 bits per heavy atom. The van der Waals surface area contributed by atoms with Crippen LogP contribution >= 0.6 is 0 Å². The highest BCUT2D eigenvalue weighted by atomic mass is 16.6. The number of piperazine rings is 1. The number of ether oxygens (including phenoxy) is 3. The van der Waals surface area contributed by atoms with Gasteiger partial charge < -0.3 is 29.7 Å². The average Bonchev–Trinajstić information content (AvgIpc) is 2.60. The molecule has 0 aromatic heterocycles. The van der Waals surface area contributed by atoms with Gasteiger partial charge in [0.25, 0.3) is 5.91 Å². The minimum Gasteiger partial charge on any atom is -0.493 e. The second kappa shape index (κ2) is 7.73. The lowest BCUT2D eigenvalue weighted by Crippen LogP contribution is -2.52. The Morgan fingerprint density at radius 1 is 1.04 bits per heavy atom. The van der Waals surface area contributed by atoms with Crippen LogP contribution in [0.4, 0.5) is 0 Å². The highest BCUT2D eigenvalue weighted by Crippen LogP contribution is 2.39. The van der Waals surface area contributed by atoms with E-state index < -0.39 is 5.97 Å². The second-order valence-electron chi connectivity index (χ2n) is 5.47. The third-order valence-corrected chi connectivity index (χ3v) is 3.86. The Morgan fingerprint density at radius 3 is 1.92 bits per heavy atom. The molecule has 0 spiro atoms. The average molecular weight is 350 g/mol. The molecule has 3 N–H and O–H groups in total. The molecule has 0 bridgehead atoms. The van der Waals surface area contributed by atoms with Crippen LogP contribution in [-0.2, 0) is 4.79 Å². The smallest absolute Gasteiger partial charge is 0.308 e. The quantitative estimate of drug-likeness (QED) is 0.346. The molecule has 0 aliphatic carbocycles. The second-order valence-corrected chi connectivity index (χ2v) is 5.47. The Balaban J connectivity index is 2.25. The summed E-state index contributed by atoms with van der Waals surface area (Å²) in [5.41, 5.74) is 5.83. The molecule has 25 heavy (non-hydrogen) atoms. The van der Waals surface area contributed by atoms with Gasteiger partial charge in [-0.25, -0.2) is 0 Å². The number of nitrogens with zero attached hydrogens (tertiary/aromatic N) is 2. The van der Waals surface area contributed by atoms with Crippen molar-refractivity contribution in [3.63, 3.8) is 0 Å². The molecule has 0 radical (unpaired) electrons. The van der Waals surface area contributed by atoms with Gasteiger partial charge in [0.15, 0.2) is 17.5 Å². The largest absolute Gasteiger partial charge is 0.493 e. The van der Waals surface area contributed by atoms with Gasteiger partial charge in [-0.15, -0.1) is 0 Å². The molecular weight excluding hydrogens is 328 g/mol. The minimum atomic E-state index is -0.518. The Kier molecular flexibility index (Phi) is 5.68. The van der Waals surface area contributed by atoms with Gasteiger partial charge in [-0.05, 0) is 12.1 Å². The number of hydrogen-bond acceptors (Lipinski definition) is 6. The van der Waals surface area contributed by atoms with Crippen LogP contribution in [0.15, 0.2) is 12.1 Å². The molecule has 0 atom stereocenters. The zero-order chi connectivity index (χ0) is 18.6. The van der Waals surface area contributed by atoms with Crippen molar-refractivity contribution in [1.82, 2.24) is 9.80 Å². The van der Waals surface area contributed by atoms with Crippen molar-refractivity contribution in [3.05, 3.63) is 17.7 Å². The van der Waals surface area contributed by atoms with Crippen LogP contribution in [0.2, 0.25) is 0 Å². The van der Waals surface area contributed by atoms with Crippen molar-refractivity contribution >= 4 is 17.8 Å². The van der Waals surface area contributed by atoms with E-state index in [2.05, 4.69) is 0 Å². The van der Waals surface area contributed by atoms with Crippen molar-refractivity contribution in [1.29, 1.82) is 5.41 Å². The zero-order valence-electron chi connectivity index (χ0n) is 14.5. The van der Waals surface area contributed by atoms with E-state index in [-0.39, 0.29) is 29.1 Å². The summed E-state index contributed by atoms with van der Waals surface area (Å²) in [6.45, 7) is 3.18. The standard InChI is InChI=1S/C16H22N4O5/c1-10(21)25-14-12(23-2)8-11(9-13(14)24-3)15(22)19-4-6-20(7-5-19)16(17)18/h8-9H,4-7H2,1-3H3,(H3,17,18). The summed E-state index contributed by atoms with van der Waals surface area (Å²) in [6, 6.07) is 3.03. The lowest BCUT2D eigenvalue weighted by Gasteiger charge is -2.35. The van der Waals surface area contributed by atoms with Gasteiger partial charge in [0.1, 0.15) is 0 Å². The summed E-state index contributed by atoms with van der Waals surface area (Å²) in [6.07, 6.45) is 0. The first-order valence-electron chi connectivity index (χ1n) is 7.70. The van der Waals surface area contributed by atoms with Crippen molar-refractivity contribution in [2.45, 2.75) is 6.92 Å². The number of hydrogen-bond donors (Lipinski definition) is 2. The van der Waals surface area contributed by atoms with Gasteiger partial charge >= 0.3 is 5.97 Å². The van der Waals surface area contributed by atoms with Crippen LogP contribution in [0.5, 0.6) is 17.2 Å². The highest BCUT2D eigenvalue weighted by Gasteiger charge is 2.25. The fourth-order valence-electron chi connectivity index (χ4n) is 2.58. The number of rotatable bonds is 4. The molecule has 1 aliphatic heterocycles. The summed E-state index contributed by atoms with van der Waals surface area (Å²) >= 11 is 0. The molecule has 0 unspecified atom stereocenters. The highest BCUT2D eigenvalue weighted by molar-refractivity contribution is 5.96. The lowest BCUT2D eigenvalue weighted by atomic mass is 10.1. The van der Waals surface area contributed by atoms with E-state index in [0.717, 1.165) is 0 Å². The van der Waals surface area contributed by atoms with E-state index in [0.29, 0.717) is 31.7 Å². The van der Waals surface area contributed by atoms with Gasteiger partial charge in [0.05, 0.1) is 14.2 Å². The first kappa shape index (κ1) is 18.4. The molecule has 1 heterocycles. The van der Waals surface area contributed by atoms with E-state index in [4.69, 9.17) is 25.4 Å². The van der Waals surface area contributed by atoms with Crippen LogP contribution in [0.3, 0.4) is 0 Å². The first-order chi connectivity index (χ1) is 11.9. The van der Waals surface area contributed by atoms with Crippen molar-refractivity contribution < 1.29 is 23.8 Å². The molecule has 9 nitrogen and oxygen atoms in total. The van der Waals surface area contributed by atoms with Crippen LogP contribution in [0, 0.1) is 5.41 Å². The number of amides is 1. The van der Waals surface area contributed by atoms with Gasteiger partial charge in [-0.1, -0.05) is 0 Å². The minimum absolute atomic E-state index is 0.00109. The summed E-state index contributed by atoms with van der Waals surface area (Å²) < 4.78 is 15.6. The van der Waals surface area contributed by atoms with Crippen molar-refractivity contribution in [2.75, 3.05) is 40.4 Å². The zero-order valence-corrected chi connectivity index (χ0v) is 14.5. The fraction of sp³-hybridized carbons (Fsp3) is 0.438. The number of esters is 1. The first-order valence-corrected chi connectivity index (χ1v) is 7.70. The predicted molar refractivity (Wildman–Crippen MR) is 90.2 cm³/mol. The number of guanidine groups is 1. The number of nitrogens with one attached hydrogen (secondary N) is 1. The van der Waals surface area contributed by atoms with Crippen LogP contribution in [-0.4, -0.2) is 68.0 Å². The topological polar surface area (TPSA) is 118 Å². The third kappa shape index (κ3) is 4.11. The SMILES string of the molecule is COc1cc(C(=O)N2CCN(C(=N)N)CC2)cc(OC)c1OC(C)=O. The van der Waals surface area contributed by atoms with Crippen LogP contribution in [0.1, 0.15) is 17.3 Å². The molecule has 1 amide bonds. The summed E-state index contributed by atoms with van der Waals surface area (Å²) in [5, 5.41) is 7.44. The summed E-state index contributed by atoms with van der Waals surface area (Å²) in [5.74, 6) is -0.109. The summed E-state index contributed by atoms with van der Waals surface area (Å²) in [7, 11) is 2.84. The van der Waals surface area contributed by atoms with E-state index in [1.807, 2.05) is 0 Å². The number of carbonyl (C=O) groups excluding carboxylic acids is 2. The molecule has 0 saturated carbocycles. The third-order valence-electron chi connectivity index (χ3n) is 3.86. The van der Waals surface area contributed by atoms with Gasteiger partial charge in [-0.2, -0.15) is 0 Å². The predicted octanol–water partition coefficient (Wildman–Crippen LogP) is 0.280. The fourth-order valence-corrected chi connectivity index (χ4v) is 2.58. The van der Waals surface area contributed by atoms with E-state index in [1.54, 1.807) is 9.80 Å². The molecule has 1 aromatic rings. The van der Waals surface area contributed by atoms with Gasteiger partial charge in [0.2, 0.25) is 5.75 Å². The molecular formula is C16H22N4O5. The number of benzene rings is 1. The molecule has 9 heteroatoms. The monoisotopic (exact) mass is 350 g/mol. The van der Waals surface area contributed by atoms with Crippen LogP contribution in [0.25, 0.3) is 0 Å².